The quantitative estimate of drug-likeness (QED) is 0.645. The highest BCUT2D eigenvalue weighted by Gasteiger charge is 2.13. The number of hydrogen-bond donors (Lipinski definition) is 1. The van der Waals surface area contributed by atoms with E-state index in [1.165, 1.54) is 24.3 Å². The van der Waals surface area contributed by atoms with Gasteiger partial charge in [0.2, 0.25) is 0 Å². The van der Waals surface area contributed by atoms with Crippen molar-refractivity contribution in [1.29, 1.82) is 0 Å². The van der Waals surface area contributed by atoms with Crippen LogP contribution < -0.4 is 15.8 Å². The van der Waals surface area contributed by atoms with Crippen LogP contribution in [-0.2, 0) is 6.54 Å². The number of amides is 1. The van der Waals surface area contributed by atoms with Crippen LogP contribution in [0.25, 0.3) is 0 Å². The Morgan fingerprint density at radius 2 is 1.87 bits per heavy atom. The van der Waals surface area contributed by atoms with Gasteiger partial charge >= 0.3 is 0 Å². The molecule has 156 valence electrons. The minimum Gasteiger partial charge on any atom is -0.372 e. The summed E-state index contributed by atoms with van der Waals surface area (Å²) in [7, 11) is 0. The van der Waals surface area contributed by atoms with E-state index in [4.69, 9.17) is 0 Å². The molecule has 2 aromatic carbocycles. The van der Waals surface area contributed by atoms with Crippen LogP contribution in [0.15, 0.2) is 59.4 Å². The number of nitrogens with zero attached hydrogens (tertiary/aromatic N) is 3. The Hall–Kier alpha value is -3.48. The third-order valence-electron chi connectivity index (χ3n) is 4.91. The topological polar surface area (TPSA) is 67.2 Å². The van der Waals surface area contributed by atoms with Crippen LogP contribution in [-0.4, -0.2) is 28.8 Å². The van der Waals surface area contributed by atoms with Crippen LogP contribution in [0.4, 0.5) is 15.8 Å². The lowest BCUT2D eigenvalue weighted by molar-refractivity contribution is 0.102. The largest absolute Gasteiger partial charge is 0.372 e. The molecule has 1 amide bonds. The first kappa shape index (κ1) is 21.2. The van der Waals surface area contributed by atoms with Gasteiger partial charge in [-0.15, -0.1) is 0 Å². The summed E-state index contributed by atoms with van der Waals surface area (Å²) < 4.78 is 14.6. The van der Waals surface area contributed by atoms with Crippen molar-refractivity contribution in [3.05, 3.63) is 87.6 Å². The lowest BCUT2D eigenvalue weighted by Crippen LogP contribution is -2.26. The first-order valence-electron chi connectivity index (χ1n) is 9.90. The first-order chi connectivity index (χ1) is 14.4. The average molecular weight is 408 g/mol. The number of aromatic nitrogens is 2. The van der Waals surface area contributed by atoms with Gasteiger partial charge in [-0.2, -0.15) is 5.10 Å². The zero-order valence-electron chi connectivity index (χ0n) is 17.4. The minimum atomic E-state index is -0.415. The number of anilines is 2. The summed E-state index contributed by atoms with van der Waals surface area (Å²) in [5, 5.41) is 7.01. The summed E-state index contributed by atoms with van der Waals surface area (Å²) in [6, 6.07) is 14.5. The molecule has 0 bridgehead atoms. The Morgan fingerprint density at radius 1 is 1.10 bits per heavy atom. The molecule has 0 aliphatic heterocycles. The summed E-state index contributed by atoms with van der Waals surface area (Å²) in [4.78, 5) is 27.1. The van der Waals surface area contributed by atoms with Crippen molar-refractivity contribution < 1.29 is 9.18 Å². The maximum Gasteiger partial charge on any atom is 0.276 e. The van der Waals surface area contributed by atoms with Gasteiger partial charge in [-0.3, -0.25) is 9.59 Å². The molecular weight excluding hydrogens is 383 g/mol. The van der Waals surface area contributed by atoms with Crippen LogP contribution in [0.2, 0.25) is 0 Å². The summed E-state index contributed by atoms with van der Waals surface area (Å²) in [6.07, 6.45) is 0. The second-order valence-electron chi connectivity index (χ2n) is 6.97. The molecule has 3 aromatic rings. The molecular formula is C23H25FN4O2. The van der Waals surface area contributed by atoms with E-state index in [-0.39, 0.29) is 17.8 Å². The predicted octanol–water partition coefficient (Wildman–Crippen LogP) is 3.84. The summed E-state index contributed by atoms with van der Waals surface area (Å²) >= 11 is 0. The highest BCUT2D eigenvalue weighted by molar-refractivity contribution is 6.03. The molecule has 0 spiro atoms. The van der Waals surface area contributed by atoms with Gasteiger partial charge in [0.15, 0.2) is 0 Å². The molecule has 0 saturated carbocycles. The van der Waals surface area contributed by atoms with Crippen molar-refractivity contribution >= 4 is 17.3 Å². The third-order valence-corrected chi connectivity index (χ3v) is 4.91. The van der Waals surface area contributed by atoms with Crippen molar-refractivity contribution in [2.75, 3.05) is 23.3 Å². The number of benzene rings is 2. The molecule has 3 rings (SSSR count). The van der Waals surface area contributed by atoms with Gasteiger partial charge in [0.1, 0.15) is 11.5 Å². The summed E-state index contributed by atoms with van der Waals surface area (Å²) in [6.45, 7) is 8.00. The van der Waals surface area contributed by atoms with E-state index in [1.54, 1.807) is 12.1 Å². The molecule has 6 nitrogen and oxygen atoms in total. The second-order valence-corrected chi connectivity index (χ2v) is 6.97. The van der Waals surface area contributed by atoms with E-state index in [9.17, 15) is 14.0 Å². The third kappa shape index (κ3) is 4.92. The minimum absolute atomic E-state index is 0.0787. The number of carbonyl (C=O) groups is 1. The smallest absolute Gasteiger partial charge is 0.276 e. The Kier molecular flexibility index (Phi) is 6.61. The van der Waals surface area contributed by atoms with E-state index >= 15 is 0 Å². The van der Waals surface area contributed by atoms with Gasteiger partial charge in [-0.1, -0.05) is 12.1 Å². The van der Waals surface area contributed by atoms with Crippen molar-refractivity contribution in [3.63, 3.8) is 0 Å². The molecule has 0 atom stereocenters. The van der Waals surface area contributed by atoms with E-state index in [1.807, 2.05) is 25.1 Å². The predicted molar refractivity (Wildman–Crippen MR) is 117 cm³/mol. The Bertz CT molecular complexity index is 1110. The van der Waals surface area contributed by atoms with E-state index in [0.717, 1.165) is 29.0 Å². The maximum atomic E-state index is 13.4. The highest BCUT2D eigenvalue weighted by Crippen LogP contribution is 2.23. The monoisotopic (exact) mass is 408 g/mol. The zero-order chi connectivity index (χ0) is 21.7. The van der Waals surface area contributed by atoms with E-state index < -0.39 is 11.7 Å². The second kappa shape index (κ2) is 9.35. The first-order valence-corrected chi connectivity index (χ1v) is 9.90. The molecule has 0 saturated heterocycles. The van der Waals surface area contributed by atoms with Crippen LogP contribution in [0, 0.1) is 12.7 Å². The van der Waals surface area contributed by atoms with Crippen LogP contribution in [0.5, 0.6) is 0 Å². The van der Waals surface area contributed by atoms with Crippen molar-refractivity contribution in [2.45, 2.75) is 27.3 Å². The van der Waals surface area contributed by atoms with Crippen molar-refractivity contribution in [1.82, 2.24) is 9.78 Å². The fraction of sp³-hybridized carbons (Fsp3) is 0.261. The molecule has 0 aliphatic carbocycles. The molecule has 0 aliphatic rings. The Balaban J connectivity index is 1.80. The summed E-state index contributed by atoms with van der Waals surface area (Å²) in [5.74, 6) is -0.806. The van der Waals surface area contributed by atoms with Crippen molar-refractivity contribution in [3.8, 4) is 0 Å². The molecule has 7 heteroatoms. The number of halogens is 1. The number of aryl methyl sites for hydroxylation is 1. The molecule has 1 heterocycles. The zero-order valence-corrected chi connectivity index (χ0v) is 17.4. The molecule has 30 heavy (non-hydrogen) atoms. The fourth-order valence-electron chi connectivity index (χ4n) is 3.25. The number of hydrogen-bond acceptors (Lipinski definition) is 4. The standard InChI is InChI=1S/C23H25FN4O2/c1-4-27(5-2)19-9-10-20(16(3)13-19)25-23(30)21-11-12-22(29)28(26-21)15-17-7-6-8-18(24)14-17/h6-14H,4-5,15H2,1-3H3,(H,25,30). The van der Waals surface area contributed by atoms with Gasteiger partial charge in [0.05, 0.1) is 6.54 Å². The summed E-state index contributed by atoms with van der Waals surface area (Å²) in [5.41, 5.74) is 3.04. The van der Waals surface area contributed by atoms with E-state index in [0.29, 0.717) is 11.3 Å². The fourth-order valence-corrected chi connectivity index (χ4v) is 3.25. The van der Waals surface area contributed by atoms with Gasteiger partial charge in [-0.25, -0.2) is 9.07 Å². The normalized spacial score (nSPS) is 10.7. The van der Waals surface area contributed by atoms with Gasteiger partial charge < -0.3 is 10.2 Å². The molecule has 1 N–H and O–H groups in total. The number of nitrogens with one attached hydrogen (secondary N) is 1. The molecule has 0 fully saturated rings. The molecule has 0 radical (unpaired) electrons. The van der Waals surface area contributed by atoms with Gasteiger partial charge in [0.25, 0.3) is 11.5 Å². The Morgan fingerprint density at radius 3 is 2.53 bits per heavy atom. The lowest BCUT2D eigenvalue weighted by Gasteiger charge is -2.22. The Labute approximate surface area is 175 Å². The highest BCUT2D eigenvalue weighted by atomic mass is 19.1. The number of carbonyl (C=O) groups excluding carboxylic acids is 1. The van der Waals surface area contributed by atoms with E-state index in [2.05, 4.69) is 29.2 Å². The van der Waals surface area contributed by atoms with Crippen LogP contribution >= 0.6 is 0 Å². The van der Waals surface area contributed by atoms with Gasteiger partial charge in [0, 0.05) is 30.5 Å². The lowest BCUT2D eigenvalue weighted by atomic mass is 10.1. The molecule has 0 unspecified atom stereocenters. The maximum absolute atomic E-state index is 13.4. The molecule has 1 aromatic heterocycles. The number of rotatable bonds is 7. The van der Waals surface area contributed by atoms with Crippen LogP contribution in [0.3, 0.4) is 0 Å². The average Bonchev–Trinajstić information content (AvgIpc) is 2.72. The SMILES string of the molecule is CCN(CC)c1ccc(NC(=O)c2ccc(=O)n(Cc3cccc(F)c3)n2)c(C)c1. The van der Waals surface area contributed by atoms with Gasteiger partial charge in [-0.05, 0) is 68.3 Å². The van der Waals surface area contributed by atoms with Crippen LogP contribution in [0.1, 0.15) is 35.5 Å². The van der Waals surface area contributed by atoms with Crippen molar-refractivity contribution in [2.24, 2.45) is 0 Å².